The summed E-state index contributed by atoms with van der Waals surface area (Å²) >= 11 is 1.11. The number of hydrogen-bond donors (Lipinski definition) is 1. The quantitative estimate of drug-likeness (QED) is 0.634. The highest BCUT2D eigenvalue weighted by atomic mass is 32.2. The van der Waals surface area contributed by atoms with Crippen molar-refractivity contribution in [2.45, 2.75) is 39.3 Å². The van der Waals surface area contributed by atoms with Crippen LogP contribution in [0.15, 0.2) is 60.7 Å². The molecule has 1 N–H and O–H groups in total. The van der Waals surface area contributed by atoms with E-state index in [1.165, 1.54) is 6.92 Å². The molecule has 0 saturated carbocycles. The minimum absolute atomic E-state index is 0.0441. The van der Waals surface area contributed by atoms with Crippen LogP contribution in [-0.2, 0) is 32.1 Å². The van der Waals surface area contributed by atoms with Crippen molar-refractivity contribution in [2.24, 2.45) is 5.92 Å². The molecule has 5 nitrogen and oxygen atoms in total. The second-order valence-electron chi connectivity index (χ2n) is 7.37. The fourth-order valence-corrected chi connectivity index (χ4v) is 3.41. The summed E-state index contributed by atoms with van der Waals surface area (Å²) in [6, 6.07) is 19.0. The first-order chi connectivity index (χ1) is 13.8. The van der Waals surface area contributed by atoms with Gasteiger partial charge in [-0.15, -0.1) is 0 Å². The van der Waals surface area contributed by atoms with Crippen LogP contribution in [0.4, 0.5) is 0 Å². The largest absolute Gasteiger partial charge is 0.459 e. The van der Waals surface area contributed by atoms with Crippen LogP contribution in [0.1, 0.15) is 31.9 Å². The summed E-state index contributed by atoms with van der Waals surface area (Å²) in [5, 5.41) is 2.75. The van der Waals surface area contributed by atoms with Gasteiger partial charge in [0.15, 0.2) is 5.12 Å². The zero-order valence-corrected chi connectivity index (χ0v) is 17.8. The summed E-state index contributed by atoms with van der Waals surface area (Å²) in [5.74, 6) is -0.866. The monoisotopic (exact) mass is 413 g/mol. The Morgan fingerprint density at radius 3 is 2.07 bits per heavy atom. The SMILES string of the molecule is CC(=O)SCC(Cc1ccccc1)C(=O)NC(C)(C)C(=O)OCc1ccccc1. The van der Waals surface area contributed by atoms with Gasteiger partial charge in [-0.2, -0.15) is 0 Å². The van der Waals surface area contributed by atoms with Crippen molar-refractivity contribution >= 4 is 28.8 Å². The van der Waals surface area contributed by atoms with Gasteiger partial charge in [0.05, 0.1) is 5.92 Å². The van der Waals surface area contributed by atoms with Gasteiger partial charge in [0.25, 0.3) is 0 Å². The molecule has 1 amide bonds. The smallest absolute Gasteiger partial charge is 0.331 e. The molecule has 0 spiro atoms. The Morgan fingerprint density at radius 1 is 0.966 bits per heavy atom. The van der Waals surface area contributed by atoms with Gasteiger partial charge in [-0.3, -0.25) is 9.59 Å². The van der Waals surface area contributed by atoms with Crippen LogP contribution in [-0.4, -0.2) is 28.3 Å². The van der Waals surface area contributed by atoms with Gasteiger partial charge in [0, 0.05) is 12.7 Å². The van der Waals surface area contributed by atoms with E-state index in [1.54, 1.807) is 13.8 Å². The fourth-order valence-electron chi connectivity index (χ4n) is 2.71. The van der Waals surface area contributed by atoms with Crippen LogP contribution < -0.4 is 5.32 Å². The summed E-state index contributed by atoms with van der Waals surface area (Å²) in [7, 11) is 0. The minimum Gasteiger partial charge on any atom is -0.459 e. The van der Waals surface area contributed by atoms with Gasteiger partial charge in [0.2, 0.25) is 5.91 Å². The average molecular weight is 414 g/mol. The molecule has 1 atom stereocenters. The van der Waals surface area contributed by atoms with Gasteiger partial charge in [-0.1, -0.05) is 72.4 Å². The van der Waals surface area contributed by atoms with Crippen molar-refractivity contribution < 1.29 is 19.1 Å². The molecule has 6 heteroatoms. The zero-order valence-electron chi connectivity index (χ0n) is 17.0. The Balaban J connectivity index is 2.00. The van der Waals surface area contributed by atoms with Crippen molar-refractivity contribution in [3.63, 3.8) is 0 Å². The molecule has 0 aromatic heterocycles. The van der Waals surface area contributed by atoms with Crippen LogP contribution in [0, 0.1) is 5.92 Å². The predicted molar refractivity (Wildman–Crippen MR) is 115 cm³/mol. The maximum absolute atomic E-state index is 12.9. The number of hydrogen-bond acceptors (Lipinski definition) is 5. The summed E-state index contributed by atoms with van der Waals surface area (Å²) in [6.45, 7) is 4.87. The molecule has 2 aromatic rings. The number of rotatable bonds is 9. The topological polar surface area (TPSA) is 72.5 Å². The fraction of sp³-hybridized carbons (Fsp3) is 0.348. The molecule has 0 heterocycles. The lowest BCUT2D eigenvalue weighted by Gasteiger charge is -2.27. The van der Waals surface area contributed by atoms with Crippen LogP contribution in [0.3, 0.4) is 0 Å². The highest BCUT2D eigenvalue weighted by molar-refractivity contribution is 8.13. The third-order valence-electron chi connectivity index (χ3n) is 4.34. The number of esters is 1. The van der Waals surface area contributed by atoms with Crippen molar-refractivity contribution in [3.8, 4) is 0 Å². The predicted octanol–water partition coefficient (Wildman–Crippen LogP) is 3.76. The lowest BCUT2D eigenvalue weighted by Crippen LogP contribution is -2.53. The van der Waals surface area contributed by atoms with Crippen LogP contribution >= 0.6 is 11.8 Å². The van der Waals surface area contributed by atoms with Crippen molar-refractivity contribution in [1.82, 2.24) is 5.32 Å². The lowest BCUT2D eigenvalue weighted by atomic mass is 9.98. The molecule has 1 unspecified atom stereocenters. The Labute approximate surface area is 176 Å². The molecule has 0 saturated heterocycles. The van der Waals surface area contributed by atoms with Crippen LogP contribution in [0.25, 0.3) is 0 Å². The Morgan fingerprint density at radius 2 is 1.52 bits per heavy atom. The molecule has 0 bridgehead atoms. The number of carbonyl (C=O) groups is 3. The summed E-state index contributed by atoms with van der Waals surface area (Å²) in [4.78, 5) is 36.8. The molecule has 0 radical (unpaired) electrons. The second-order valence-corrected chi connectivity index (χ2v) is 8.56. The first-order valence-corrected chi connectivity index (χ1v) is 10.5. The van der Waals surface area contributed by atoms with Gasteiger partial charge >= 0.3 is 5.97 Å². The molecule has 29 heavy (non-hydrogen) atoms. The standard InChI is InChI=1S/C23H27NO4S/c1-17(25)29-16-20(14-18-10-6-4-7-11-18)21(26)24-23(2,3)22(27)28-15-19-12-8-5-9-13-19/h4-13,20H,14-16H2,1-3H3,(H,24,26). The molecule has 0 aliphatic carbocycles. The average Bonchev–Trinajstić information content (AvgIpc) is 2.70. The van der Waals surface area contributed by atoms with E-state index in [2.05, 4.69) is 5.32 Å². The van der Waals surface area contributed by atoms with E-state index in [4.69, 9.17) is 4.74 Å². The molecular weight excluding hydrogens is 386 g/mol. The van der Waals surface area contributed by atoms with E-state index in [9.17, 15) is 14.4 Å². The number of amides is 1. The molecule has 2 rings (SSSR count). The molecule has 0 aliphatic rings. The van der Waals surface area contributed by atoms with Crippen molar-refractivity contribution in [2.75, 3.05) is 5.75 Å². The summed E-state index contributed by atoms with van der Waals surface area (Å²) in [6.07, 6.45) is 0.488. The maximum atomic E-state index is 12.9. The number of nitrogens with one attached hydrogen (secondary N) is 1. The first-order valence-electron chi connectivity index (χ1n) is 9.48. The van der Waals surface area contributed by atoms with E-state index >= 15 is 0 Å². The molecule has 154 valence electrons. The molecule has 2 aromatic carbocycles. The van der Waals surface area contributed by atoms with E-state index in [1.807, 2.05) is 60.7 Å². The van der Waals surface area contributed by atoms with Gasteiger partial charge in [0.1, 0.15) is 12.1 Å². The van der Waals surface area contributed by atoms with Crippen LogP contribution in [0.5, 0.6) is 0 Å². The second kappa shape index (κ2) is 10.8. The van der Waals surface area contributed by atoms with Crippen LogP contribution in [0.2, 0.25) is 0 Å². The molecular formula is C23H27NO4S. The zero-order chi connectivity index (χ0) is 21.3. The minimum atomic E-state index is -1.18. The van der Waals surface area contributed by atoms with E-state index in [-0.39, 0.29) is 17.6 Å². The Kier molecular flexibility index (Phi) is 8.46. The van der Waals surface area contributed by atoms with Crippen molar-refractivity contribution in [3.05, 3.63) is 71.8 Å². The maximum Gasteiger partial charge on any atom is 0.331 e. The van der Waals surface area contributed by atoms with E-state index in [0.29, 0.717) is 12.2 Å². The third-order valence-corrected chi connectivity index (χ3v) is 5.32. The summed E-state index contributed by atoms with van der Waals surface area (Å²) in [5.41, 5.74) is 0.700. The number of benzene rings is 2. The number of ether oxygens (including phenoxy) is 1. The van der Waals surface area contributed by atoms with Gasteiger partial charge in [-0.05, 0) is 31.4 Å². The van der Waals surface area contributed by atoms with Gasteiger partial charge in [-0.25, -0.2) is 4.79 Å². The number of carbonyl (C=O) groups excluding carboxylic acids is 3. The van der Waals surface area contributed by atoms with Gasteiger partial charge < -0.3 is 10.1 Å². The Bertz CT molecular complexity index is 821. The lowest BCUT2D eigenvalue weighted by molar-refractivity contribution is -0.153. The number of thioether (sulfide) groups is 1. The third kappa shape index (κ3) is 7.74. The van der Waals surface area contributed by atoms with E-state index < -0.39 is 17.4 Å². The first kappa shape index (κ1) is 22.7. The van der Waals surface area contributed by atoms with E-state index in [0.717, 1.165) is 22.9 Å². The van der Waals surface area contributed by atoms with Crippen molar-refractivity contribution in [1.29, 1.82) is 0 Å². The Hall–Kier alpha value is -2.60. The highest BCUT2D eigenvalue weighted by Crippen LogP contribution is 2.18. The summed E-state index contributed by atoms with van der Waals surface area (Å²) < 4.78 is 5.38. The normalized spacial score (nSPS) is 12.1. The molecule has 0 fully saturated rings. The molecule has 0 aliphatic heterocycles. The highest BCUT2D eigenvalue weighted by Gasteiger charge is 2.33.